The van der Waals surface area contributed by atoms with Crippen molar-refractivity contribution < 1.29 is 18.1 Å². The number of rotatable bonds is 5. The van der Waals surface area contributed by atoms with E-state index in [2.05, 4.69) is 15.4 Å². The second-order valence-corrected chi connectivity index (χ2v) is 5.68. The van der Waals surface area contributed by atoms with Crippen LogP contribution in [0.1, 0.15) is 0 Å². The van der Waals surface area contributed by atoms with Crippen LogP contribution in [-0.4, -0.2) is 34.0 Å². The maximum absolute atomic E-state index is 11.7. The summed E-state index contributed by atoms with van der Waals surface area (Å²) in [5.41, 5.74) is 0.340. The fourth-order valence-electron chi connectivity index (χ4n) is 1.52. The number of nitrogens with one attached hydrogen (secondary N) is 1. The molecule has 1 aromatic heterocycles. The van der Waals surface area contributed by atoms with Gasteiger partial charge in [-0.05, 0) is 29.2 Å². The number of nitrogens with zero attached hydrogens (tertiary/aromatic N) is 4. The first-order chi connectivity index (χ1) is 10.3. The van der Waals surface area contributed by atoms with Crippen molar-refractivity contribution in [2.45, 2.75) is 11.4 Å². The normalized spacial score (nSPS) is 11.1. The molecular formula is C10H10N6O5S. The Hall–Kier alpha value is -2.86. The van der Waals surface area contributed by atoms with Crippen molar-refractivity contribution in [3.8, 4) is 0 Å². The molecule has 0 aliphatic heterocycles. The lowest BCUT2D eigenvalue weighted by Crippen LogP contribution is -2.19. The first-order valence-electron chi connectivity index (χ1n) is 5.72. The first-order valence-corrected chi connectivity index (χ1v) is 7.27. The number of amides is 1. The number of sulfonamides is 1. The number of hydrogen-bond donors (Lipinski definition) is 2. The fraction of sp³-hybridized carbons (Fsp3) is 0.100. The monoisotopic (exact) mass is 326 g/mol. The summed E-state index contributed by atoms with van der Waals surface area (Å²) < 4.78 is 23.2. The Morgan fingerprint density at radius 1 is 1.36 bits per heavy atom. The smallest absolute Gasteiger partial charge is 0.390 e. The SMILES string of the molecule is NS(=O)(=O)c1ccc(NC(=O)Cn2cnc([N+](=O)[O-])n2)cc1. The molecule has 0 aliphatic carbocycles. The molecule has 0 unspecified atom stereocenters. The summed E-state index contributed by atoms with van der Waals surface area (Å²) in [5.74, 6) is -1.12. The molecule has 12 heteroatoms. The van der Waals surface area contributed by atoms with Gasteiger partial charge in [0.2, 0.25) is 22.3 Å². The van der Waals surface area contributed by atoms with Gasteiger partial charge in [0.15, 0.2) is 0 Å². The zero-order valence-electron chi connectivity index (χ0n) is 10.9. The number of nitro groups is 1. The highest BCUT2D eigenvalue weighted by atomic mass is 32.2. The second-order valence-electron chi connectivity index (χ2n) is 4.12. The van der Waals surface area contributed by atoms with Crippen molar-refractivity contribution in [2.75, 3.05) is 5.32 Å². The van der Waals surface area contributed by atoms with Crippen LogP contribution in [0, 0.1) is 10.1 Å². The van der Waals surface area contributed by atoms with Gasteiger partial charge in [0.05, 0.1) is 4.90 Å². The summed E-state index contributed by atoms with van der Waals surface area (Å²) in [4.78, 5) is 24.7. The van der Waals surface area contributed by atoms with E-state index >= 15 is 0 Å². The summed E-state index contributed by atoms with van der Waals surface area (Å²) in [7, 11) is -3.80. The molecule has 1 aromatic carbocycles. The van der Waals surface area contributed by atoms with Gasteiger partial charge in [-0.15, -0.1) is 0 Å². The predicted octanol–water partition coefficient (Wildman–Crippen LogP) is -0.528. The number of nitrogens with two attached hydrogens (primary N) is 1. The van der Waals surface area contributed by atoms with Gasteiger partial charge in [0.25, 0.3) is 0 Å². The first kappa shape index (κ1) is 15.5. The molecule has 0 fully saturated rings. The third-order valence-corrected chi connectivity index (χ3v) is 3.39. The minimum atomic E-state index is -3.80. The molecule has 3 N–H and O–H groups in total. The molecule has 2 aromatic rings. The zero-order valence-corrected chi connectivity index (χ0v) is 11.7. The largest absolute Gasteiger partial charge is 0.490 e. The second kappa shape index (κ2) is 5.87. The number of hydrogen-bond acceptors (Lipinski definition) is 7. The topological polar surface area (TPSA) is 163 Å². The highest BCUT2D eigenvalue weighted by Gasteiger charge is 2.15. The zero-order chi connectivity index (χ0) is 16.3. The minimum absolute atomic E-state index is 0.0857. The highest BCUT2D eigenvalue weighted by molar-refractivity contribution is 7.89. The lowest BCUT2D eigenvalue weighted by molar-refractivity contribution is -0.394. The average Bonchev–Trinajstić information content (AvgIpc) is 2.86. The lowest BCUT2D eigenvalue weighted by atomic mass is 10.3. The summed E-state index contributed by atoms with van der Waals surface area (Å²) >= 11 is 0. The third kappa shape index (κ3) is 3.83. The molecule has 0 saturated heterocycles. The molecule has 0 atom stereocenters. The average molecular weight is 326 g/mol. The van der Waals surface area contributed by atoms with Crippen molar-refractivity contribution in [1.29, 1.82) is 0 Å². The van der Waals surface area contributed by atoms with Gasteiger partial charge in [-0.1, -0.05) is 4.98 Å². The Bertz CT molecular complexity index is 813. The van der Waals surface area contributed by atoms with Gasteiger partial charge in [-0.3, -0.25) is 4.79 Å². The molecule has 2 rings (SSSR count). The molecule has 0 radical (unpaired) electrons. The molecule has 0 bridgehead atoms. The molecule has 1 amide bonds. The van der Waals surface area contributed by atoms with Crippen LogP contribution < -0.4 is 10.5 Å². The van der Waals surface area contributed by atoms with E-state index in [1.165, 1.54) is 24.3 Å². The molecule has 0 saturated carbocycles. The Kier molecular flexibility index (Phi) is 4.14. The van der Waals surface area contributed by atoms with E-state index < -0.39 is 26.8 Å². The Morgan fingerprint density at radius 2 is 2.00 bits per heavy atom. The van der Waals surface area contributed by atoms with Crippen molar-refractivity contribution in [1.82, 2.24) is 14.8 Å². The van der Waals surface area contributed by atoms with Gasteiger partial charge in [0.1, 0.15) is 6.54 Å². The van der Waals surface area contributed by atoms with E-state index in [1.54, 1.807) is 0 Å². The number of carbonyl (C=O) groups excluding carboxylic acids is 1. The van der Waals surface area contributed by atoms with Crippen LogP contribution in [0.4, 0.5) is 11.6 Å². The van der Waals surface area contributed by atoms with Crippen LogP contribution in [0.25, 0.3) is 0 Å². The fourth-order valence-corrected chi connectivity index (χ4v) is 2.04. The van der Waals surface area contributed by atoms with Crippen molar-refractivity contribution in [3.05, 3.63) is 40.7 Å². The predicted molar refractivity (Wildman–Crippen MR) is 73.1 cm³/mol. The van der Waals surface area contributed by atoms with Gasteiger partial charge in [0, 0.05) is 10.8 Å². The van der Waals surface area contributed by atoms with Crippen LogP contribution in [0.15, 0.2) is 35.5 Å². The van der Waals surface area contributed by atoms with Crippen molar-refractivity contribution in [2.24, 2.45) is 5.14 Å². The Balaban J connectivity index is 2.01. The number of benzene rings is 1. The van der Waals surface area contributed by atoms with Crippen LogP contribution in [0.2, 0.25) is 0 Å². The molecule has 11 nitrogen and oxygen atoms in total. The quantitative estimate of drug-likeness (QED) is 0.551. The summed E-state index contributed by atoms with van der Waals surface area (Å²) in [6, 6.07) is 5.21. The standard InChI is InChI=1S/C10H10N6O5S/c11-22(20,21)8-3-1-7(2-4-8)13-9(17)5-15-6-12-10(14-15)16(18)19/h1-4,6H,5H2,(H,13,17)(H2,11,20,21). The minimum Gasteiger partial charge on any atom is -0.390 e. The third-order valence-electron chi connectivity index (χ3n) is 2.46. The van der Waals surface area contributed by atoms with E-state index in [1.807, 2.05) is 0 Å². The number of anilines is 1. The molecule has 1 heterocycles. The van der Waals surface area contributed by atoms with Gasteiger partial charge in [-0.25, -0.2) is 13.6 Å². The van der Waals surface area contributed by atoms with Crippen LogP contribution in [0.3, 0.4) is 0 Å². The number of primary sulfonamides is 1. The Labute approximate surface area is 124 Å². The molecular weight excluding hydrogens is 316 g/mol. The number of carbonyl (C=O) groups is 1. The van der Waals surface area contributed by atoms with E-state index in [9.17, 15) is 23.3 Å². The van der Waals surface area contributed by atoms with E-state index in [-0.39, 0.29) is 11.4 Å². The summed E-state index contributed by atoms with van der Waals surface area (Å²) in [6.07, 6.45) is 1.06. The van der Waals surface area contributed by atoms with Crippen molar-refractivity contribution >= 4 is 27.6 Å². The van der Waals surface area contributed by atoms with Crippen LogP contribution in [-0.2, 0) is 21.4 Å². The summed E-state index contributed by atoms with van der Waals surface area (Å²) in [6.45, 7) is -0.280. The van der Waals surface area contributed by atoms with Crippen molar-refractivity contribution in [3.63, 3.8) is 0 Å². The summed E-state index contributed by atoms with van der Waals surface area (Å²) in [5, 5.41) is 21.3. The molecule has 116 valence electrons. The molecule has 0 spiro atoms. The maximum Gasteiger partial charge on any atom is 0.490 e. The van der Waals surface area contributed by atoms with Gasteiger partial charge in [-0.2, -0.15) is 4.68 Å². The lowest BCUT2D eigenvalue weighted by Gasteiger charge is -2.04. The maximum atomic E-state index is 11.7. The van der Waals surface area contributed by atoms with Gasteiger partial charge < -0.3 is 15.4 Å². The Morgan fingerprint density at radius 3 is 2.50 bits per heavy atom. The van der Waals surface area contributed by atoms with Gasteiger partial charge >= 0.3 is 5.95 Å². The van der Waals surface area contributed by atoms with E-state index in [0.29, 0.717) is 5.69 Å². The highest BCUT2D eigenvalue weighted by Crippen LogP contribution is 2.12. The van der Waals surface area contributed by atoms with E-state index in [4.69, 9.17) is 5.14 Å². The molecule has 0 aliphatic rings. The molecule has 22 heavy (non-hydrogen) atoms. The van der Waals surface area contributed by atoms with E-state index in [0.717, 1.165) is 11.0 Å². The number of aromatic nitrogens is 3. The van der Waals surface area contributed by atoms with Crippen LogP contribution >= 0.6 is 0 Å². The van der Waals surface area contributed by atoms with Crippen LogP contribution in [0.5, 0.6) is 0 Å².